The molecular formula is C19H16ClFN4. The van der Waals surface area contributed by atoms with Crippen LogP contribution < -0.4 is 0 Å². The summed E-state index contributed by atoms with van der Waals surface area (Å²) in [7, 11) is 1.89. The number of imidazole rings is 1. The fourth-order valence-electron chi connectivity index (χ4n) is 3.32. The van der Waals surface area contributed by atoms with Gasteiger partial charge in [-0.3, -0.25) is 9.25 Å². The SMILES string of the molecule is Cc1nn(C)c(-n2c(C)nc3ccccc32)c1-c1ccc(F)cc1Cl. The lowest BCUT2D eigenvalue weighted by Gasteiger charge is -2.12. The average molecular weight is 355 g/mol. The maximum absolute atomic E-state index is 13.5. The molecule has 25 heavy (non-hydrogen) atoms. The van der Waals surface area contributed by atoms with E-state index in [-0.39, 0.29) is 5.82 Å². The highest BCUT2D eigenvalue weighted by Crippen LogP contribution is 2.36. The third-order valence-corrected chi connectivity index (χ3v) is 4.65. The molecule has 0 spiro atoms. The summed E-state index contributed by atoms with van der Waals surface area (Å²) >= 11 is 6.33. The smallest absolute Gasteiger partial charge is 0.144 e. The van der Waals surface area contributed by atoms with Gasteiger partial charge >= 0.3 is 0 Å². The monoisotopic (exact) mass is 354 g/mol. The molecule has 2 aromatic carbocycles. The Labute approximate surface area is 149 Å². The minimum absolute atomic E-state index is 0.360. The zero-order chi connectivity index (χ0) is 17.7. The highest BCUT2D eigenvalue weighted by Gasteiger charge is 2.22. The van der Waals surface area contributed by atoms with Gasteiger partial charge in [-0.1, -0.05) is 23.7 Å². The molecule has 0 aliphatic heterocycles. The zero-order valence-electron chi connectivity index (χ0n) is 14.1. The fourth-order valence-corrected chi connectivity index (χ4v) is 3.59. The molecule has 4 rings (SSSR count). The lowest BCUT2D eigenvalue weighted by molar-refractivity contribution is 0.628. The number of aromatic nitrogens is 4. The number of hydrogen-bond donors (Lipinski definition) is 0. The molecule has 4 aromatic rings. The van der Waals surface area contributed by atoms with E-state index in [4.69, 9.17) is 11.6 Å². The summed E-state index contributed by atoms with van der Waals surface area (Å²) in [5.41, 5.74) is 4.35. The Morgan fingerprint density at radius 1 is 1.08 bits per heavy atom. The first-order valence-corrected chi connectivity index (χ1v) is 8.28. The molecule has 0 aliphatic rings. The van der Waals surface area contributed by atoms with Gasteiger partial charge in [0.15, 0.2) is 0 Å². The molecule has 0 fully saturated rings. The Hall–Kier alpha value is -2.66. The third kappa shape index (κ3) is 2.43. The van der Waals surface area contributed by atoms with Gasteiger partial charge in [-0.05, 0) is 44.2 Å². The first-order chi connectivity index (χ1) is 12.0. The van der Waals surface area contributed by atoms with Crippen LogP contribution in [0.3, 0.4) is 0 Å². The van der Waals surface area contributed by atoms with E-state index in [1.54, 1.807) is 6.07 Å². The lowest BCUT2D eigenvalue weighted by Crippen LogP contribution is -2.06. The summed E-state index contributed by atoms with van der Waals surface area (Å²) in [4.78, 5) is 4.64. The number of benzene rings is 2. The van der Waals surface area contributed by atoms with Crippen molar-refractivity contribution >= 4 is 22.6 Å². The second kappa shape index (κ2) is 5.70. The molecular weight excluding hydrogens is 339 g/mol. The summed E-state index contributed by atoms with van der Waals surface area (Å²) in [6, 6.07) is 12.4. The lowest BCUT2D eigenvalue weighted by atomic mass is 10.1. The van der Waals surface area contributed by atoms with Crippen molar-refractivity contribution in [2.75, 3.05) is 0 Å². The van der Waals surface area contributed by atoms with Gasteiger partial charge in [0, 0.05) is 18.2 Å². The maximum Gasteiger partial charge on any atom is 0.144 e. The van der Waals surface area contributed by atoms with Crippen molar-refractivity contribution in [3.63, 3.8) is 0 Å². The van der Waals surface area contributed by atoms with Crippen LogP contribution in [-0.2, 0) is 7.05 Å². The van der Waals surface area contributed by atoms with E-state index < -0.39 is 0 Å². The quantitative estimate of drug-likeness (QED) is 0.516. The van der Waals surface area contributed by atoms with Crippen molar-refractivity contribution in [3.8, 4) is 16.9 Å². The molecule has 0 aliphatic carbocycles. The summed E-state index contributed by atoms with van der Waals surface area (Å²) in [6.07, 6.45) is 0. The number of fused-ring (bicyclic) bond motifs is 1. The fraction of sp³-hybridized carbons (Fsp3) is 0.158. The van der Waals surface area contributed by atoms with Crippen LogP contribution in [0.4, 0.5) is 4.39 Å². The Bertz CT molecular complexity index is 1110. The number of nitrogens with zero attached hydrogens (tertiary/aromatic N) is 4. The number of halogens is 2. The normalized spacial score (nSPS) is 11.4. The van der Waals surface area contributed by atoms with Crippen molar-refractivity contribution < 1.29 is 4.39 Å². The highest BCUT2D eigenvalue weighted by molar-refractivity contribution is 6.33. The summed E-state index contributed by atoms with van der Waals surface area (Å²) in [5, 5.41) is 4.93. The van der Waals surface area contributed by atoms with Crippen LogP contribution in [0.5, 0.6) is 0 Å². The average Bonchev–Trinajstić information content (AvgIpc) is 3.03. The molecule has 0 amide bonds. The first-order valence-electron chi connectivity index (χ1n) is 7.91. The Balaban J connectivity index is 2.08. The number of para-hydroxylation sites is 2. The van der Waals surface area contributed by atoms with Crippen molar-refractivity contribution in [3.05, 3.63) is 64.8 Å². The largest absolute Gasteiger partial charge is 0.280 e. The molecule has 2 aromatic heterocycles. The molecule has 0 bridgehead atoms. The molecule has 6 heteroatoms. The molecule has 0 N–H and O–H groups in total. The van der Waals surface area contributed by atoms with Crippen molar-refractivity contribution in [1.82, 2.24) is 19.3 Å². The number of aryl methyl sites for hydroxylation is 3. The van der Waals surface area contributed by atoms with Crippen LogP contribution in [0.15, 0.2) is 42.5 Å². The van der Waals surface area contributed by atoms with Crippen molar-refractivity contribution in [1.29, 1.82) is 0 Å². The van der Waals surface area contributed by atoms with Crippen LogP contribution in [0.1, 0.15) is 11.5 Å². The van der Waals surface area contributed by atoms with Gasteiger partial charge in [0.05, 0.1) is 21.7 Å². The van der Waals surface area contributed by atoms with Gasteiger partial charge in [-0.15, -0.1) is 0 Å². The number of rotatable bonds is 2. The van der Waals surface area contributed by atoms with E-state index in [9.17, 15) is 4.39 Å². The summed E-state index contributed by atoms with van der Waals surface area (Å²) in [5.74, 6) is 1.35. The molecule has 2 heterocycles. The maximum atomic E-state index is 13.5. The van der Waals surface area contributed by atoms with Crippen LogP contribution in [0, 0.1) is 19.7 Å². The first kappa shape index (κ1) is 15.8. The highest BCUT2D eigenvalue weighted by atomic mass is 35.5. The number of hydrogen-bond acceptors (Lipinski definition) is 2. The standard InChI is InChI=1S/C19H16ClFN4/c1-11-18(14-9-8-13(21)10-15(14)20)19(24(3)23-11)25-12(2)22-16-6-4-5-7-17(16)25/h4-10H,1-3H3. The molecule has 0 atom stereocenters. The van der Waals surface area contributed by atoms with E-state index in [1.807, 2.05) is 49.8 Å². The zero-order valence-corrected chi connectivity index (χ0v) is 14.8. The van der Waals surface area contributed by atoms with Crippen LogP contribution in [-0.4, -0.2) is 19.3 Å². The Morgan fingerprint density at radius 2 is 1.84 bits per heavy atom. The molecule has 0 unspecified atom stereocenters. The van der Waals surface area contributed by atoms with E-state index in [1.165, 1.54) is 12.1 Å². The van der Waals surface area contributed by atoms with E-state index in [0.717, 1.165) is 39.5 Å². The van der Waals surface area contributed by atoms with Crippen LogP contribution >= 0.6 is 11.6 Å². The third-order valence-electron chi connectivity index (χ3n) is 4.33. The predicted molar refractivity (Wildman–Crippen MR) is 97.7 cm³/mol. The second-order valence-electron chi connectivity index (χ2n) is 6.01. The van der Waals surface area contributed by atoms with Gasteiger partial charge in [0.25, 0.3) is 0 Å². The molecule has 0 radical (unpaired) electrons. The van der Waals surface area contributed by atoms with Crippen LogP contribution in [0.2, 0.25) is 5.02 Å². The minimum Gasteiger partial charge on any atom is -0.280 e. The van der Waals surface area contributed by atoms with Gasteiger partial charge in [-0.25, -0.2) is 9.37 Å². The van der Waals surface area contributed by atoms with E-state index >= 15 is 0 Å². The molecule has 0 saturated carbocycles. The Morgan fingerprint density at radius 3 is 2.60 bits per heavy atom. The molecule has 126 valence electrons. The van der Waals surface area contributed by atoms with E-state index in [0.29, 0.717) is 5.02 Å². The van der Waals surface area contributed by atoms with E-state index in [2.05, 4.69) is 14.6 Å². The van der Waals surface area contributed by atoms with Gasteiger partial charge in [0.1, 0.15) is 17.5 Å². The second-order valence-corrected chi connectivity index (χ2v) is 6.42. The summed E-state index contributed by atoms with van der Waals surface area (Å²) in [6.45, 7) is 3.88. The van der Waals surface area contributed by atoms with Gasteiger partial charge in [-0.2, -0.15) is 5.10 Å². The van der Waals surface area contributed by atoms with Crippen molar-refractivity contribution in [2.45, 2.75) is 13.8 Å². The minimum atomic E-state index is -0.360. The topological polar surface area (TPSA) is 35.6 Å². The summed E-state index contributed by atoms with van der Waals surface area (Å²) < 4.78 is 17.4. The van der Waals surface area contributed by atoms with Gasteiger partial charge < -0.3 is 0 Å². The van der Waals surface area contributed by atoms with Gasteiger partial charge in [0.2, 0.25) is 0 Å². The molecule has 0 saturated heterocycles. The van der Waals surface area contributed by atoms with Crippen LogP contribution in [0.25, 0.3) is 28.0 Å². The Kier molecular flexibility index (Phi) is 3.62. The molecule has 4 nitrogen and oxygen atoms in total. The predicted octanol–water partition coefficient (Wildman–Crippen LogP) is 4.84. The van der Waals surface area contributed by atoms with Crippen molar-refractivity contribution in [2.24, 2.45) is 7.05 Å².